The van der Waals surface area contributed by atoms with E-state index >= 15 is 0 Å². The molecule has 2 aromatic rings. The summed E-state index contributed by atoms with van der Waals surface area (Å²) in [6.07, 6.45) is 3.31. The van der Waals surface area contributed by atoms with Crippen LogP contribution in [0.4, 0.5) is 5.69 Å². The van der Waals surface area contributed by atoms with E-state index in [0.29, 0.717) is 18.8 Å². The number of aryl methyl sites for hydroxylation is 2. The van der Waals surface area contributed by atoms with Gasteiger partial charge in [0.2, 0.25) is 0 Å². The summed E-state index contributed by atoms with van der Waals surface area (Å²) in [6.45, 7) is 5.14. The molecule has 0 saturated carbocycles. The number of hydrogen-bond donors (Lipinski definition) is 2. The number of imidazole rings is 1. The van der Waals surface area contributed by atoms with Crippen molar-refractivity contribution in [2.75, 3.05) is 11.9 Å². The molecule has 1 heterocycles. The molecule has 0 radical (unpaired) electrons. The zero-order valence-electron chi connectivity index (χ0n) is 11.5. The zero-order valence-corrected chi connectivity index (χ0v) is 13.1. The van der Waals surface area contributed by atoms with Gasteiger partial charge in [0.1, 0.15) is 5.69 Å². The van der Waals surface area contributed by atoms with E-state index in [1.807, 2.05) is 26.0 Å². The molecule has 106 valence electrons. The molecule has 0 aliphatic carbocycles. The lowest BCUT2D eigenvalue weighted by atomic mass is 10.1. The smallest absolute Gasteiger partial charge is 0.275 e. The Hall–Kier alpha value is -1.66. The first-order valence-electron chi connectivity index (χ1n) is 6.31. The van der Waals surface area contributed by atoms with Crippen LogP contribution in [0.5, 0.6) is 0 Å². The van der Waals surface area contributed by atoms with Crippen molar-refractivity contribution >= 4 is 27.5 Å². The molecule has 0 saturated heterocycles. The minimum absolute atomic E-state index is 0.220. The van der Waals surface area contributed by atoms with Gasteiger partial charge in [-0.2, -0.15) is 0 Å². The van der Waals surface area contributed by atoms with E-state index in [4.69, 9.17) is 5.73 Å². The lowest BCUT2D eigenvalue weighted by Crippen LogP contribution is -2.13. The molecule has 3 N–H and O–H groups in total. The largest absolute Gasteiger partial charge is 0.335 e. The SMILES string of the molecule is Cc1cc(NC(=O)c2cn(CCN)cn2)cc(C)c1Br. The Kier molecular flexibility index (Phi) is 4.57. The summed E-state index contributed by atoms with van der Waals surface area (Å²) in [7, 11) is 0. The van der Waals surface area contributed by atoms with Crippen LogP contribution in [0.2, 0.25) is 0 Å². The second kappa shape index (κ2) is 6.19. The molecule has 0 fully saturated rings. The summed E-state index contributed by atoms with van der Waals surface area (Å²) < 4.78 is 2.86. The fraction of sp³-hybridized carbons (Fsp3) is 0.286. The average Bonchev–Trinajstić information content (AvgIpc) is 2.85. The maximum atomic E-state index is 12.1. The summed E-state index contributed by atoms with van der Waals surface area (Å²) in [5.41, 5.74) is 8.77. The monoisotopic (exact) mass is 336 g/mol. The Balaban J connectivity index is 2.14. The zero-order chi connectivity index (χ0) is 14.7. The number of halogens is 1. The Morgan fingerprint density at radius 2 is 2.05 bits per heavy atom. The third-order valence-corrected chi connectivity index (χ3v) is 4.20. The number of carbonyl (C=O) groups excluding carboxylic acids is 1. The van der Waals surface area contributed by atoms with Crippen LogP contribution >= 0.6 is 15.9 Å². The van der Waals surface area contributed by atoms with Crippen molar-refractivity contribution in [3.8, 4) is 0 Å². The van der Waals surface area contributed by atoms with Crippen LogP contribution in [0.1, 0.15) is 21.6 Å². The van der Waals surface area contributed by atoms with Crippen molar-refractivity contribution in [2.24, 2.45) is 5.73 Å². The summed E-state index contributed by atoms with van der Waals surface area (Å²) in [4.78, 5) is 16.2. The molecule has 2 rings (SSSR count). The average molecular weight is 337 g/mol. The van der Waals surface area contributed by atoms with Gasteiger partial charge >= 0.3 is 0 Å². The highest BCUT2D eigenvalue weighted by Gasteiger charge is 2.11. The first kappa shape index (κ1) is 14.7. The summed E-state index contributed by atoms with van der Waals surface area (Å²) in [5, 5.41) is 2.86. The maximum Gasteiger partial charge on any atom is 0.275 e. The number of carbonyl (C=O) groups is 1. The van der Waals surface area contributed by atoms with Crippen molar-refractivity contribution < 1.29 is 4.79 Å². The van der Waals surface area contributed by atoms with E-state index < -0.39 is 0 Å². The topological polar surface area (TPSA) is 72.9 Å². The van der Waals surface area contributed by atoms with Crippen LogP contribution in [-0.4, -0.2) is 22.0 Å². The molecule has 0 spiro atoms. The number of anilines is 1. The first-order valence-corrected chi connectivity index (χ1v) is 7.10. The van der Waals surface area contributed by atoms with Gasteiger partial charge in [0.25, 0.3) is 5.91 Å². The molecule has 0 aliphatic rings. The van der Waals surface area contributed by atoms with Crippen LogP contribution < -0.4 is 11.1 Å². The van der Waals surface area contributed by atoms with Gasteiger partial charge in [-0.3, -0.25) is 4.79 Å². The number of nitrogens with zero attached hydrogens (tertiary/aromatic N) is 2. The van der Waals surface area contributed by atoms with Gasteiger partial charge in [-0.1, -0.05) is 15.9 Å². The molecule has 5 nitrogen and oxygen atoms in total. The number of nitrogens with two attached hydrogens (primary N) is 1. The quantitative estimate of drug-likeness (QED) is 0.900. The molecule has 0 unspecified atom stereocenters. The third-order valence-electron chi connectivity index (χ3n) is 2.95. The second-order valence-electron chi connectivity index (χ2n) is 4.66. The standard InChI is InChI=1S/C14H17BrN4O/c1-9-5-11(6-10(2)13(9)15)18-14(20)12-7-19(4-3-16)8-17-12/h5-8H,3-4,16H2,1-2H3,(H,18,20). The molecule has 6 heteroatoms. The minimum atomic E-state index is -0.220. The predicted molar refractivity (Wildman–Crippen MR) is 82.9 cm³/mol. The molecule has 0 atom stereocenters. The summed E-state index contributed by atoms with van der Waals surface area (Å²) in [6, 6.07) is 3.84. The van der Waals surface area contributed by atoms with E-state index in [0.717, 1.165) is 21.3 Å². The van der Waals surface area contributed by atoms with Crippen LogP contribution in [0.3, 0.4) is 0 Å². The highest BCUT2D eigenvalue weighted by molar-refractivity contribution is 9.10. The summed E-state index contributed by atoms with van der Waals surface area (Å²) >= 11 is 3.50. The minimum Gasteiger partial charge on any atom is -0.335 e. The second-order valence-corrected chi connectivity index (χ2v) is 5.46. The maximum absolute atomic E-state index is 12.1. The fourth-order valence-electron chi connectivity index (χ4n) is 1.96. The lowest BCUT2D eigenvalue weighted by Gasteiger charge is -2.08. The van der Waals surface area contributed by atoms with Gasteiger partial charge in [-0.15, -0.1) is 0 Å². The van der Waals surface area contributed by atoms with E-state index in [9.17, 15) is 4.79 Å². The first-order chi connectivity index (χ1) is 9.51. The fourth-order valence-corrected chi connectivity index (χ4v) is 2.19. The third kappa shape index (κ3) is 3.26. The van der Waals surface area contributed by atoms with Gasteiger partial charge in [-0.25, -0.2) is 4.98 Å². The van der Waals surface area contributed by atoms with Gasteiger partial charge in [0.15, 0.2) is 0 Å². The summed E-state index contributed by atoms with van der Waals surface area (Å²) in [5.74, 6) is -0.220. The molecule has 0 bridgehead atoms. The van der Waals surface area contributed by atoms with Crippen LogP contribution in [0, 0.1) is 13.8 Å². The molecule has 1 amide bonds. The van der Waals surface area contributed by atoms with E-state index in [2.05, 4.69) is 26.2 Å². The van der Waals surface area contributed by atoms with Crippen molar-refractivity contribution in [1.29, 1.82) is 0 Å². The number of amides is 1. The highest BCUT2D eigenvalue weighted by Crippen LogP contribution is 2.25. The number of nitrogens with one attached hydrogen (secondary N) is 1. The van der Waals surface area contributed by atoms with Crippen molar-refractivity contribution in [2.45, 2.75) is 20.4 Å². The Labute approximate surface area is 126 Å². The van der Waals surface area contributed by atoms with Gasteiger partial charge in [-0.05, 0) is 37.1 Å². The molecule has 1 aromatic carbocycles. The lowest BCUT2D eigenvalue weighted by molar-refractivity contribution is 0.102. The van der Waals surface area contributed by atoms with Gasteiger partial charge in [0.05, 0.1) is 6.33 Å². The Bertz CT molecular complexity index is 613. The van der Waals surface area contributed by atoms with E-state index in [1.165, 1.54) is 0 Å². The Morgan fingerprint density at radius 3 is 2.65 bits per heavy atom. The molecule has 1 aromatic heterocycles. The van der Waals surface area contributed by atoms with Crippen molar-refractivity contribution in [1.82, 2.24) is 9.55 Å². The normalized spacial score (nSPS) is 10.6. The molecular formula is C14H17BrN4O. The van der Waals surface area contributed by atoms with Crippen LogP contribution in [-0.2, 0) is 6.54 Å². The van der Waals surface area contributed by atoms with Gasteiger partial charge in [0, 0.05) is 29.4 Å². The van der Waals surface area contributed by atoms with Crippen molar-refractivity contribution in [3.05, 3.63) is 46.0 Å². The van der Waals surface area contributed by atoms with E-state index in [1.54, 1.807) is 17.1 Å². The molecule has 20 heavy (non-hydrogen) atoms. The van der Waals surface area contributed by atoms with Crippen molar-refractivity contribution in [3.63, 3.8) is 0 Å². The Morgan fingerprint density at radius 1 is 1.40 bits per heavy atom. The number of aromatic nitrogens is 2. The number of hydrogen-bond acceptors (Lipinski definition) is 3. The molecule has 0 aliphatic heterocycles. The number of benzene rings is 1. The predicted octanol–water partition coefficient (Wildman–Crippen LogP) is 2.47. The van der Waals surface area contributed by atoms with Gasteiger partial charge < -0.3 is 15.6 Å². The molecular weight excluding hydrogens is 320 g/mol. The highest BCUT2D eigenvalue weighted by atomic mass is 79.9. The number of rotatable bonds is 4. The van der Waals surface area contributed by atoms with Crippen LogP contribution in [0.15, 0.2) is 29.1 Å². The van der Waals surface area contributed by atoms with Crippen LogP contribution in [0.25, 0.3) is 0 Å². The van der Waals surface area contributed by atoms with E-state index in [-0.39, 0.29) is 5.91 Å².